The number of nitrogens with one attached hydrogen (secondary N) is 1. The van der Waals surface area contributed by atoms with E-state index in [1.807, 2.05) is 19.1 Å². The molecule has 2 aromatic rings. The topological polar surface area (TPSA) is 75.7 Å². The van der Waals surface area contributed by atoms with Gasteiger partial charge in [-0.3, -0.25) is 4.79 Å². The minimum Gasteiger partial charge on any atom is -0.383 e. The quantitative estimate of drug-likeness (QED) is 0.630. The number of methoxy groups -OCH3 is 1. The number of sulfonamides is 1. The van der Waals surface area contributed by atoms with Crippen LogP contribution in [0.5, 0.6) is 0 Å². The zero-order chi connectivity index (χ0) is 22.5. The van der Waals surface area contributed by atoms with Crippen LogP contribution in [0.3, 0.4) is 0 Å². The Bertz CT molecular complexity index is 968. The van der Waals surface area contributed by atoms with Gasteiger partial charge in [-0.15, -0.1) is 0 Å². The van der Waals surface area contributed by atoms with Crippen molar-refractivity contribution in [2.24, 2.45) is 0 Å². The summed E-state index contributed by atoms with van der Waals surface area (Å²) in [5, 5.41) is 3.34. The zero-order valence-electron chi connectivity index (χ0n) is 18.0. The Morgan fingerprint density at radius 1 is 1.13 bits per heavy atom. The molecule has 0 bridgehead atoms. The van der Waals surface area contributed by atoms with Gasteiger partial charge in [0.05, 0.1) is 18.0 Å². The number of carbonyl (C=O) groups excluding carboxylic acids is 1. The van der Waals surface area contributed by atoms with Crippen molar-refractivity contribution in [3.05, 3.63) is 63.7 Å². The average molecular weight is 453 g/mol. The Hall–Kier alpha value is -1.93. The van der Waals surface area contributed by atoms with Crippen LogP contribution in [0.4, 0.5) is 0 Å². The van der Waals surface area contributed by atoms with Crippen LogP contribution in [0.1, 0.15) is 29.2 Å². The number of rotatable bonds is 9. The van der Waals surface area contributed by atoms with Crippen molar-refractivity contribution in [1.29, 1.82) is 0 Å². The van der Waals surface area contributed by atoms with Crippen molar-refractivity contribution in [3.8, 4) is 0 Å². The van der Waals surface area contributed by atoms with Crippen LogP contribution >= 0.6 is 11.6 Å². The summed E-state index contributed by atoms with van der Waals surface area (Å²) >= 11 is 5.95. The number of carbonyl (C=O) groups is 1. The normalized spacial score (nSPS) is 12.8. The highest BCUT2D eigenvalue weighted by molar-refractivity contribution is 7.89. The van der Waals surface area contributed by atoms with Crippen molar-refractivity contribution in [2.45, 2.75) is 45.2 Å². The van der Waals surface area contributed by atoms with Gasteiger partial charge in [-0.1, -0.05) is 41.4 Å². The number of ether oxygens (including phenoxy) is 1. The summed E-state index contributed by atoms with van der Waals surface area (Å²) in [7, 11) is -2.38. The van der Waals surface area contributed by atoms with E-state index in [0.29, 0.717) is 22.8 Å². The van der Waals surface area contributed by atoms with Gasteiger partial charge in [0.25, 0.3) is 0 Å². The molecule has 0 unspecified atom stereocenters. The first-order valence-electron chi connectivity index (χ1n) is 9.65. The summed E-state index contributed by atoms with van der Waals surface area (Å²) in [6.45, 7) is 7.36. The van der Waals surface area contributed by atoms with E-state index in [-0.39, 0.29) is 29.9 Å². The molecule has 0 radical (unpaired) electrons. The Labute approximate surface area is 184 Å². The zero-order valence-corrected chi connectivity index (χ0v) is 19.6. The Morgan fingerprint density at radius 2 is 1.70 bits per heavy atom. The number of nitrogens with zero attached hydrogens (tertiary/aromatic N) is 1. The standard InChI is InChI=1S/C22H29ClN2O4S/c1-15-10-16(2)22(17(3)11-15)30(27,28)25(12-19-6-8-20(23)9-7-19)13-21(26)24-18(4)14-29-5/h6-11,18H,12-14H2,1-5H3,(H,24,26)/t18-/m1/s1. The van der Waals surface area contributed by atoms with E-state index in [4.69, 9.17) is 16.3 Å². The van der Waals surface area contributed by atoms with E-state index in [1.54, 1.807) is 52.1 Å². The fraction of sp³-hybridized carbons (Fsp3) is 0.409. The highest BCUT2D eigenvalue weighted by Gasteiger charge is 2.30. The number of hydrogen-bond donors (Lipinski definition) is 1. The lowest BCUT2D eigenvalue weighted by Gasteiger charge is -2.25. The maximum atomic E-state index is 13.6. The number of benzene rings is 2. The summed E-state index contributed by atoms with van der Waals surface area (Å²) in [4.78, 5) is 12.8. The number of halogens is 1. The van der Waals surface area contributed by atoms with Gasteiger partial charge in [0.2, 0.25) is 15.9 Å². The number of amides is 1. The van der Waals surface area contributed by atoms with Gasteiger partial charge in [0.15, 0.2) is 0 Å². The molecule has 2 aromatic carbocycles. The lowest BCUT2D eigenvalue weighted by atomic mass is 10.1. The highest BCUT2D eigenvalue weighted by atomic mass is 35.5. The summed E-state index contributed by atoms with van der Waals surface area (Å²) in [6, 6.07) is 10.3. The fourth-order valence-corrected chi connectivity index (χ4v) is 5.42. The van der Waals surface area contributed by atoms with Gasteiger partial charge in [-0.2, -0.15) is 4.31 Å². The van der Waals surface area contributed by atoms with Crippen LogP contribution in [0.2, 0.25) is 5.02 Å². The summed E-state index contributed by atoms with van der Waals surface area (Å²) in [5.74, 6) is -0.389. The van der Waals surface area contributed by atoms with Gasteiger partial charge in [0, 0.05) is 24.7 Å². The van der Waals surface area contributed by atoms with Crippen LogP contribution in [-0.4, -0.2) is 44.9 Å². The lowest BCUT2D eigenvalue weighted by molar-refractivity contribution is -0.122. The van der Waals surface area contributed by atoms with Crippen LogP contribution in [-0.2, 0) is 26.1 Å². The molecule has 0 heterocycles. The molecule has 0 aromatic heterocycles. The van der Waals surface area contributed by atoms with Gasteiger partial charge in [-0.05, 0) is 56.5 Å². The number of hydrogen-bond acceptors (Lipinski definition) is 4. The maximum Gasteiger partial charge on any atom is 0.244 e. The summed E-state index contributed by atoms with van der Waals surface area (Å²) < 4.78 is 33.4. The van der Waals surface area contributed by atoms with Crippen molar-refractivity contribution in [2.75, 3.05) is 20.3 Å². The molecule has 0 saturated heterocycles. The van der Waals surface area contributed by atoms with E-state index in [2.05, 4.69) is 5.32 Å². The molecular weight excluding hydrogens is 424 g/mol. The molecule has 6 nitrogen and oxygen atoms in total. The van der Waals surface area contributed by atoms with Crippen LogP contribution in [0.25, 0.3) is 0 Å². The van der Waals surface area contributed by atoms with Crippen LogP contribution < -0.4 is 5.32 Å². The maximum absolute atomic E-state index is 13.6. The molecule has 1 amide bonds. The van der Waals surface area contributed by atoms with E-state index in [9.17, 15) is 13.2 Å². The van der Waals surface area contributed by atoms with Gasteiger partial charge in [0.1, 0.15) is 0 Å². The Balaban J connectivity index is 2.41. The minimum atomic E-state index is -3.92. The van der Waals surface area contributed by atoms with Crippen LogP contribution in [0.15, 0.2) is 41.3 Å². The third-order valence-corrected chi connectivity index (χ3v) is 6.97. The first-order chi connectivity index (χ1) is 14.0. The second kappa shape index (κ2) is 10.4. The molecule has 0 aliphatic rings. The van der Waals surface area contributed by atoms with Crippen molar-refractivity contribution in [3.63, 3.8) is 0 Å². The summed E-state index contributed by atoms with van der Waals surface area (Å²) in [6.07, 6.45) is 0. The first kappa shape index (κ1) is 24.3. The Morgan fingerprint density at radius 3 is 2.23 bits per heavy atom. The molecule has 164 valence electrons. The molecule has 2 rings (SSSR count). The third kappa shape index (κ3) is 6.28. The Kier molecular flexibility index (Phi) is 8.43. The van der Waals surface area contributed by atoms with Crippen molar-refractivity contribution < 1.29 is 17.9 Å². The average Bonchev–Trinajstić information content (AvgIpc) is 2.61. The molecule has 30 heavy (non-hydrogen) atoms. The van der Waals surface area contributed by atoms with E-state index >= 15 is 0 Å². The molecule has 8 heteroatoms. The highest BCUT2D eigenvalue weighted by Crippen LogP contribution is 2.26. The second-order valence-electron chi connectivity index (χ2n) is 7.55. The molecule has 0 saturated carbocycles. The van der Waals surface area contributed by atoms with E-state index in [0.717, 1.165) is 11.1 Å². The third-order valence-electron chi connectivity index (χ3n) is 4.62. The predicted molar refractivity (Wildman–Crippen MR) is 119 cm³/mol. The molecular formula is C22H29ClN2O4S. The first-order valence-corrected chi connectivity index (χ1v) is 11.5. The lowest BCUT2D eigenvalue weighted by Crippen LogP contribution is -2.44. The van der Waals surface area contributed by atoms with Crippen molar-refractivity contribution >= 4 is 27.5 Å². The van der Waals surface area contributed by atoms with E-state index in [1.165, 1.54) is 4.31 Å². The fourth-order valence-electron chi connectivity index (χ4n) is 3.49. The van der Waals surface area contributed by atoms with Crippen LogP contribution in [0, 0.1) is 20.8 Å². The summed E-state index contributed by atoms with van der Waals surface area (Å²) in [5.41, 5.74) is 3.03. The van der Waals surface area contributed by atoms with Gasteiger partial charge >= 0.3 is 0 Å². The molecule has 1 N–H and O–H groups in total. The molecule has 0 spiro atoms. The second-order valence-corrected chi connectivity index (χ2v) is 9.86. The SMILES string of the molecule is COC[C@@H](C)NC(=O)CN(Cc1ccc(Cl)cc1)S(=O)(=O)c1c(C)cc(C)cc1C. The molecule has 0 fully saturated rings. The van der Waals surface area contributed by atoms with Gasteiger partial charge < -0.3 is 10.1 Å². The largest absolute Gasteiger partial charge is 0.383 e. The van der Waals surface area contributed by atoms with E-state index < -0.39 is 10.0 Å². The molecule has 1 atom stereocenters. The molecule has 0 aliphatic carbocycles. The number of aryl methyl sites for hydroxylation is 3. The monoisotopic (exact) mass is 452 g/mol. The minimum absolute atomic E-state index is 0.0539. The van der Waals surface area contributed by atoms with Gasteiger partial charge in [-0.25, -0.2) is 8.42 Å². The smallest absolute Gasteiger partial charge is 0.244 e. The predicted octanol–water partition coefficient (Wildman–Crippen LogP) is 3.61. The van der Waals surface area contributed by atoms with Crippen molar-refractivity contribution in [1.82, 2.24) is 9.62 Å². The molecule has 0 aliphatic heterocycles.